The normalized spacial score (nSPS) is 24.1. The number of carbonyl (C=O) groups excluding carboxylic acids is 7. The van der Waals surface area contributed by atoms with Crippen molar-refractivity contribution in [1.82, 2.24) is 4.90 Å². The molecule has 0 radical (unpaired) electrons. The van der Waals surface area contributed by atoms with Gasteiger partial charge in [0.25, 0.3) is 0 Å². The number of aldehydes is 1. The van der Waals surface area contributed by atoms with Crippen molar-refractivity contribution in [2.75, 3.05) is 19.8 Å². The molecular formula is C46H57NO9. The molecule has 10 nitrogen and oxygen atoms in total. The van der Waals surface area contributed by atoms with Crippen LogP contribution in [0.1, 0.15) is 108 Å². The Morgan fingerprint density at radius 1 is 0.768 bits per heavy atom. The van der Waals surface area contributed by atoms with Crippen molar-refractivity contribution in [3.63, 3.8) is 0 Å². The van der Waals surface area contributed by atoms with E-state index in [9.17, 15) is 14.4 Å². The molecule has 4 saturated carbocycles. The standard InChI is InChI=1S/C24H25NO3.C7H10O.C7H12.C6H10O.2CO2/c1-16-10-11-17(14-16)23-25(12-13-27-23)24(26)28-15-22-20-8-4-2-6-18(20)19-7-3-5-9-21(19)22;1-6-2-3-7(4-6)5-8;1-6-3-4-7(2)5-6;1-5-2-3-6(7)4-5;2*2-1-3/h2-9,17,22-23H,1,10-15H2;5,7H,1-4H2;7H,1,3-5H2,2H3;5H,2-4H2,1H3;;/t17-,23?;7-;;;;/m00..../s1. The number of allylic oxidation sites excluding steroid dienone is 3. The second-order valence-corrected chi connectivity index (χ2v) is 15.6. The van der Waals surface area contributed by atoms with Crippen LogP contribution in [0.25, 0.3) is 11.1 Å². The van der Waals surface area contributed by atoms with Gasteiger partial charge in [-0.25, -0.2) is 4.79 Å². The van der Waals surface area contributed by atoms with Crippen molar-refractivity contribution in [2.45, 2.75) is 103 Å². The summed E-state index contributed by atoms with van der Waals surface area (Å²) in [7, 11) is 0. The van der Waals surface area contributed by atoms with Gasteiger partial charge >= 0.3 is 18.4 Å². The van der Waals surface area contributed by atoms with E-state index in [0.717, 1.165) is 70.0 Å². The maximum absolute atomic E-state index is 12.9. The number of amides is 1. The third-order valence-electron chi connectivity index (χ3n) is 11.1. The van der Waals surface area contributed by atoms with E-state index in [2.05, 4.69) is 82.1 Å². The highest BCUT2D eigenvalue weighted by atomic mass is 16.6. The van der Waals surface area contributed by atoms with Crippen LogP contribution in [0, 0.1) is 23.7 Å². The number of hydrogen-bond acceptors (Lipinski definition) is 9. The quantitative estimate of drug-likeness (QED) is 0.220. The highest BCUT2D eigenvalue weighted by molar-refractivity contribution is 5.80. The first-order valence-corrected chi connectivity index (χ1v) is 19.6. The SMILES string of the molecule is C=C1CCC(C)C1.C=C1CC[C@H](C2OCCN2C(=O)OCC2c3ccccc3-c3ccccc32)C1.C=C1CC[C@H](C=O)C1.CC1CCC(=O)C1.O=C=O.O=C=O. The predicted molar refractivity (Wildman–Crippen MR) is 211 cm³/mol. The van der Waals surface area contributed by atoms with E-state index in [1.54, 1.807) is 4.90 Å². The minimum Gasteiger partial charge on any atom is -0.448 e. The van der Waals surface area contributed by atoms with Crippen molar-refractivity contribution in [2.24, 2.45) is 23.7 Å². The summed E-state index contributed by atoms with van der Waals surface area (Å²) in [4.78, 5) is 67.7. The molecule has 1 saturated heterocycles. The molecule has 300 valence electrons. The maximum atomic E-state index is 12.9. The Hall–Kier alpha value is -5.01. The molecule has 2 aromatic rings. The molecule has 5 fully saturated rings. The smallest absolute Gasteiger partial charge is 0.411 e. The van der Waals surface area contributed by atoms with Gasteiger partial charge in [0.15, 0.2) is 0 Å². The van der Waals surface area contributed by atoms with E-state index < -0.39 is 0 Å². The molecule has 5 aliphatic carbocycles. The van der Waals surface area contributed by atoms with Crippen LogP contribution in [-0.2, 0) is 38.2 Å². The van der Waals surface area contributed by atoms with Gasteiger partial charge in [-0.15, -0.1) is 0 Å². The third-order valence-corrected chi connectivity index (χ3v) is 11.1. The molecule has 5 atom stereocenters. The van der Waals surface area contributed by atoms with E-state index in [0.29, 0.717) is 43.3 Å². The van der Waals surface area contributed by atoms with Gasteiger partial charge < -0.3 is 14.3 Å². The van der Waals surface area contributed by atoms with Crippen molar-refractivity contribution >= 4 is 30.5 Å². The first-order chi connectivity index (χ1) is 26.9. The third kappa shape index (κ3) is 13.9. The van der Waals surface area contributed by atoms with Crippen LogP contribution < -0.4 is 0 Å². The molecule has 1 amide bonds. The topological polar surface area (TPSA) is 141 Å². The molecule has 56 heavy (non-hydrogen) atoms. The van der Waals surface area contributed by atoms with Crippen molar-refractivity contribution in [3.05, 3.63) is 96.1 Å². The summed E-state index contributed by atoms with van der Waals surface area (Å²) in [5.41, 5.74) is 8.90. The zero-order valence-electron chi connectivity index (χ0n) is 33.0. The largest absolute Gasteiger partial charge is 0.448 e. The van der Waals surface area contributed by atoms with Crippen LogP contribution in [0.5, 0.6) is 0 Å². The number of ketones is 1. The Bertz CT molecular complexity index is 1650. The molecule has 0 bridgehead atoms. The summed E-state index contributed by atoms with van der Waals surface area (Å²) >= 11 is 0. The number of fused-ring (bicyclic) bond motifs is 3. The summed E-state index contributed by atoms with van der Waals surface area (Å²) in [6, 6.07) is 16.8. The molecule has 6 aliphatic rings. The van der Waals surface area contributed by atoms with E-state index >= 15 is 0 Å². The van der Waals surface area contributed by atoms with Crippen LogP contribution in [0.3, 0.4) is 0 Å². The van der Waals surface area contributed by atoms with Gasteiger partial charge in [-0.3, -0.25) is 9.69 Å². The van der Waals surface area contributed by atoms with E-state index in [-0.39, 0.29) is 30.5 Å². The molecule has 3 unspecified atom stereocenters. The number of nitrogens with zero attached hydrogens (tertiary/aromatic N) is 1. The fraction of sp³-hybridized carbons (Fsp3) is 0.500. The highest BCUT2D eigenvalue weighted by Crippen LogP contribution is 2.45. The van der Waals surface area contributed by atoms with Crippen molar-refractivity contribution < 1.29 is 43.0 Å². The van der Waals surface area contributed by atoms with Gasteiger partial charge in [0.2, 0.25) is 0 Å². The molecule has 0 spiro atoms. The summed E-state index contributed by atoms with van der Waals surface area (Å²) in [5.74, 6) is 2.77. The van der Waals surface area contributed by atoms with E-state index in [1.165, 1.54) is 58.2 Å². The number of hydrogen-bond donors (Lipinski definition) is 0. The van der Waals surface area contributed by atoms with E-state index in [4.69, 9.17) is 28.7 Å². The molecule has 1 aliphatic heterocycles. The molecular weight excluding hydrogens is 711 g/mol. The number of rotatable bonds is 4. The van der Waals surface area contributed by atoms with Crippen LogP contribution >= 0.6 is 0 Å². The van der Waals surface area contributed by atoms with Gasteiger partial charge in [-0.05, 0) is 98.3 Å². The number of benzene rings is 2. The zero-order valence-corrected chi connectivity index (χ0v) is 33.0. The Balaban J connectivity index is 0.000000242. The fourth-order valence-electron chi connectivity index (χ4n) is 8.19. The van der Waals surface area contributed by atoms with Gasteiger partial charge in [-0.1, -0.05) is 98.8 Å². The Morgan fingerprint density at radius 3 is 1.68 bits per heavy atom. The van der Waals surface area contributed by atoms with Crippen LogP contribution in [0.4, 0.5) is 4.79 Å². The molecule has 1 heterocycles. The predicted octanol–water partition coefficient (Wildman–Crippen LogP) is 9.06. The minimum absolute atomic E-state index is 0.0876. The van der Waals surface area contributed by atoms with Gasteiger partial charge in [0.05, 0.1) is 13.2 Å². The Kier molecular flexibility index (Phi) is 19.3. The Labute approximate surface area is 331 Å². The first-order valence-electron chi connectivity index (χ1n) is 19.6. The Morgan fingerprint density at radius 2 is 1.29 bits per heavy atom. The average Bonchev–Trinajstić information content (AvgIpc) is 4.05. The number of Topliss-reactive ketones (excluding diaryl/α,β-unsaturated/α-hetero) is 1. The highest BCUT2D eigenvalue weighted by Gasteiger charge is 2.39. The van der Waals surface area contributed by atoms with Crippen molar-refractivity contribution in [1.29, 1.82) is 0 Å². The first kappa shape index (κ1) is 45.4. The van der Waals surface area contributed by atoms with Crippen LogP contribution in [-0.4, -0.2) is 61.4 Å². The molecule has 0 aromatic heterocycles. The van der Waals surface area contributed by atoms with Gasteiger partial charge in [0.1, 0.15) is 24.9 Å². The summed E-state index contributed by atoms with van der Waals surface area (Å²) in [6.07, 6.45) is 13.9. The minimum atomic E-state index is -0.262. The second kappa shape index (κ2) is 23.8. The molecule has 10 heteroatoms. The van der Waals surface area contributed by atoms with Crippen molar-refractivity contribution in [3.8, 4) is 11.1 Å². The number of carbonyl (C=O) groups is 3. The van der Waals surface area contributed by atoms with Crippen LogP contribution in [0.2, 0.25) is 0 Å². The maximum Gasteiger partial charge on any atom is 0.411 e. The van der Waals surface area contributed by atoms with Crippen LogP contribution in [0.15, 0.2) is 85.0 Å². The zero-order chi connectivity index (χ0) is 41.0. The average molecular weight is 768 g/mol. The second-order valence-electron chi connectivity index (χ2n) is 15.6. The summed E-state index contributed by atoms with van der Waals surface area (Å²) in [6.45, 7) is 17.7. The monoisotopic (exact) mass is 767 g/mol. The summed E-state index contributed by atoms with van der Waals surface area (Å²) < 4.78 is 11.7. The molecule has 2 aromatic carbocycles. The lowest BCUT2D eigenvalue weighted by Crippen LogP contribution is -2.40. The van der Waals surface area contributed by atoms with Gasteiger partial charge in [-0.2, -0.15) is 19.2 Å². The fourth-order valence-corrected chi connectivity index (χ4v) is 8.19. The van der Waals surface area contributed by atoms with E-state index in [1.807, 2.05) is 0 Å². The summed E-state index contributed by atoms with van der Waals surface area (Å²) in [5, 5.41) is 0. The molecule has 8 rings (SSSR count). The lowest BCUT2D eigenvalue weighted by Gasteiger charge is -2.27. The number of ether oxygens (including phenoxy) is 2. The lowest BCUT2D eigenvalue weighted by atomic mass is 9.98. The molecule has 0 N–H and O–H groups in total. The lowest BCUT2D eigenvalue weighted by molar-refractivity contribution is -0.193. The van der Waals surface area contributed by atoms with Gasteiger partial charge in [0, 0.05) is 30.6 Å².